The quantitative estimate of drug-likeness (QED) is 0.584. The molecule has 1 heterocycles. The summed E-state index contributed by atoms with van der Waals surface area (Å²) in [4.78, 5) is 4.18. The van der Waals surface area contributed by atoms with Crippen LogP contribution in [0.25, 0.3) is 0 Å². The minimum atomic E-state index is -4.34. The van der Waals surface area contributed by atoms with Crippen LogP contribution in [0.15, 0.2) is 53.5 Å². The summed E-state index contributed by atoms with van der Waals surface area (Å²) in [6.45, 7) is -0.211. The van der Waals surface area contributed by atoms with E-state index in [1.54, 1.807) is 19.2 Å². The van der Waals surface area contributed by atoms with Crippen molar-refractivity contribution in [1.82, 2.24) is 10.6 Å². The molecule has 28 heavy (non-hydrogen) atoms. The number of benzene rings is 2. The van der Waals surface area contributed by atoms with Crippen LogP contribution >= 0.6 is 0 Å². The van der Waals surface area contributed by atoms with Crippen LogP contribution in [0.3, 0.4) is 0 Å². The topological polar surface area (TPSA) is 54.9 Å². The van der Waals surface area contributed by atoms with Gasteiger partial charge in [-0.15, -0.1) is 0 Å². The summed E-state index contributed by atoms with van der Waals surface area (Å²) in [5, 5.41) is 6.40. The first-order valence-electron chi connectivity index (χ1n) is 8.90. The minimum Gasteiger partial charge on any atom is -0.488 e. The third kappa shape index (κ3) is 5.80. The van der Waals surface area contributed by atoms with Gasteiger partial charge in [0, 0.05) is 20.0 Å². The van der Waals surface area contributed by atoms with Gasteiger partial charge < -0.3 is 20.1 Å². The van der Waals surface area contributed by atoms with Crippen molar-refractivity contribution in [2.45, 2.75) is 25.2 Å². The zero-order valence-electron chi connectivity index (χ0n) is 15.4. The fourth-order valence-electron chi connectivity index (χ4n) is 2.85. The van der Waals surface area contributed by atoms with E-state index in [0.29, 0.717) is 19.0 Å². The van der Waals surface area contributed by atoms with Crippen LogP contribution in [0.1, 0.15) is 11.1 Å². The number of para-hydroxylation sites is 1. The smallest absolute Gasteiger partial charge is 0.422 e. The third-order valence-corrected chi connectivity index (χ3v) is 4.22. The Bertz CT molecular complexity index is 782. The van der Waals surface area contributed by atoms with Crippen LogP contribution < -0.4 is 20.1 Å². The van der Waals surface area contributed by atoms with E-state index < -0.39 is 12.8 Å². The van der Waals surface area contributed by atoms with Crippen molar-refractivity contribution in [3.63, 3.8) is 0 Å². The Morgan fingerprint density at radius 2 is 1.89 bits per heavy atom. The number of guanidine groups is 1. The van der Waals surface area contributed by atoms with Crippen molar-refractivity contribution in [2.75, 3.05) is 20.2 Å². The van der Waals surface area contributed by atoms with E-state index in [-0.39, 0.29) is 11.9 Å². The molecule has 3 rings (SSSR count). The average Bonchev–Trinajstić information content (AvgIpc) is 3.10. The van der Waals surface area contributed by atoms with E-state index in [9.17, 15) is 13.2 Å². The lowest BCUT2D eigenvalue weighted by Crippen LogP contribution is -2.41. The van der Waals surface area contributed by atoms with Gasteiger partial charge in [-0.2, -0.15) is 13.2 Å². The lowest BCUT2D eigenvalue weighted by molar-refractivity contribution is -0.153. The summed E-state index contributed by atoms with van der Waals surface area (Å²) in [7, 11) is 1.67. The second kappa shape index (κ2) is 8.86. The number of nitrogens with zero attached hydrogens (tertiary/aromatic N) is 1. The standard InChI is InChI=1S/C20H22F3N3O2/c1-24-19(26-12-17-10-15-4-2-3-5-18(15)28-17)25-11-14-6-8-16(9-7-14)27-13-20(21,22)23/h2-9,17H,10-13H2,1H3,(H2,24,25,26). The highest BCUT2D eigenvalue weighted by Gasteiger charge is 2.28. The molecule has 0 aromatic heterocycles. The molecule has 5 nitrogen and oxygen atoms in total. The molecule has 2 aromatic carbocycles. The van der Waals surface area contributed by atoms with Gasteiger partial charge in [0.15, 0.2) is 12.6 Å². The van der Waals surface area contributed by atoms with Crippen LogP contribution in [0, 0.1) is 0 Å². The van der Waals surface area contributed by atoms with Gasteiger partial charge >= 0.3 is 6.18 Å². The fraction of sp³-hybridized carbons (Fsp3) is 0.350. The van der Waals surface area contributed by atoms with Gasteiger partial charge in [0.05, 0.1) is 6.54 Å². The summed E-state index contributed by atoms with van der Waals surface area (Å²) in [6.07, 6.45) is -3.46. The number of alkyl halides is 3. The maximum absolute atomic E-state index is 12.2. The van der Waals surface area contributed by atoms with Crippen LogP contribution in [-0.2, 0) is 13.0 Å². The highest BCUT2D eigenvalue weighted by atomic mass is 19.4. The molecule has 1 atom stereocenters. The van der Waals surface area contributed by atoms with Crippen LogP contribution in [-0.4, -0.2) is 38.4 Å². The van der Waals surface area contributed by atoms with Gasteiger partial charge in [0.2, 0.25) is 0 Å². The number of hydrogen-bond donors (Lipinski definition) is 2. The molecule has 150 valence electrons. The molecule has 0 amide bonds. The molecule has 0 saturated carbocycles. The first-order valence-corrected chi connectivity index (χ1v) is 8.90. The number of hydrogen-bond acceptors (Lipinski definition) is 3. The largest absolute Gasteiger partial charge is 0.488 e. The summed E-state index contributed by atoms with van der Waals surface area (Å²) in [6, 6.07) is 14.4. The SMILES string of the molecule is CN=C(NCc1ccc(OCC(F)(F)F)cc1)NCC1Cc2ccccc2O1. The number of aliphatic imine (C=N–C) groups is 1. The molecule has 0 fully saturated rings. The first-order chi connectivity index (χ1) is 13.4. The fourth-order valence-corrected chi connectivity index (χ4v) is 2.85. The highest BCUT2D eigenvalue weighted by Crippen LogP contribution is 2.27. The van der Waals surface area contributed by atoms with Crippen molar-refractivity contribution in [3.8, 4) is 11.5 Å². The molecule has 8 heteroatoms. The second-order valence-corrected chi connectivity index (χ2v) is 6.41. The predicted octanol–water partition coefficient (Wildman–Crippen LogP) is 3.30. The van der Waals surface area contributed by atoms with Crippen LogP contribution in [0.5, 0.6) is 11.5 Å². The molecular formula is C20H22F3N3O2. The van der Waals surface area contributed by atoms with E-state index in [0.717, 1.165) is 17.7 Å². The summed E-state index contributed by atoms with van der Waals surface area (Å²) >= 11 is 0. The van der Waals surface area contributed by atoms with E-state index in [1.165, 1.54) is 17.7 Å². The number of nitrogens with one attached hydrogen (secondary N) is 2. The van der Waals surface area contributed by atoms with Gasteiger partial charge in [-0.1, -0.05) is 30.3 Å². The normalized spacial score (nSPS) is 16.3. The Balaban J connectivity index is 1.42. The van der Waals surface area contributed by atoms with E-state index >= 15 is 0 Å². The number of ether oxygens (including phenoxy) is 2. The molecule has 0 aliphatic carbocycles. The number of halogens is 3. The predicted molar refractivity (Wildman–Crippen MR) is 101 cm³/mol. The number of fused-ring (bicyclic) bond motifs is 1. The molecule has 0 radical (unpaired) electrons. The van der Waals surface area contributed by atoms with Crippen LogP contribution in [0.2, 0.25) is 0 Å². The van der Waals surface area contributed by atoms with Gasteiger partial charge in [0.1, 0.15) is 17.6 Å². The molecule has 1 unspecified atom stereocenters. The summed E-state index contributed by atoms with van der Waals surface area (Å²) in [5.74, 6) is 1.73. The van der Waals surface area contributed by atoms with E-state index in [2.05, 4.69) is 21.7 Å². The van der Waals surface area contributed by atoms with Gasteiger partial charge in [-0.3, -0.25) is 4.99 Å². The Morgan fingerprint density at radius 1 is 1.14 bits per heavy atom. The monoisotopic (exact) mass is 393 g/mol. The molecule has 1 aliphatic heterocycles. The van der Waals surface area contributed by atoms with Crippen molar-refractivity contribution >= 4 is 5.96 Å². The lowest BCUT2D eigenvalue weighted by atomic mass is 10.1. The van der Waals surface area contributed by atoms with Crippen molar-refractivity contribution in [1.29, 1.82) is 0 Å². The third-order valence-electron chi connectivity index (χ3n) is 4.22. The maximum atomic E-state index is 12.2. The van der Waals surface area contributed by atoms with Crippen LogP contribution in [0.4, 0.5) is 13.2 Å². The summed E-state index contributed by atoms with van der Waals surface area (Å²) < 4.78 is 47.1. The van der Waals surface area contributed by atoms with E-state index in [4.69, 9.17) is 9.47 Å². The maximum Gasteiger partial charge on any atom is 0.422 e. The zero-order chi connectivity index (χ0) is 20.0. The lowest BCUT2D eigenvalue weighted by Gasteiger charge is -2.16. The van der Waals surface area contributed by atoms with Gasteiger partial charge in [0.25, 0.3) is 0 Å². The Labute approximate surface area is 161 Å². The summed E-state index contributed by atoms with van der Waals surface area (Å²) in [5.41, 5.74) is 2.09. The van der Waals surface area contributed by atoms with Crippen molar-refractivity contribution < 1.29 is 22.6 Å². The van der Waals surface area contributed by atoms with Gasteiger partial charge in [-0.05, 0) is 29.3 Å². The minimum absolute atomic E-state index is 0.0426. The van der Waals surface area contributed by atoms with Crippen molar-refractivity contribution in [2.24, 2.45) is 4.99 Å². The molecular weight excluding hydrogens is 371 g/mol. The Morgan fingerprint density at radius 3 is 2.57 bits per heavy atom. The first kappa shape index (κ1) is 19.9. The molecule has 0 saturated heterocycles. The van der Waals surface area contributed by atoms with Gasteiger partial charge in [-0.25, -0.2) is 0 Å². The number of rotatable bonds is 6. The molecule has 1 aliphatic rings. The Hall–Kier alpha value is -2.90. The Kier molecular flexibility index (Phi) is 6.28. The molecule has 0 spiro atoms. The van der Waals surface area contributed by atoms with E-state index in [1.807, 2.05) is 18.2 Å². The molecule has 2 aromatic rings. The second-order valence-electron chi connectivity index (χ2n) is 6.41. The molecule has 0 bridgehead atoms. The van der Waals surface area contributed by atoms with Crippen molar-refractivity contribution in [3.05, 3.63) is 59.7 Å². The average molecular weight is 393 g/mol. The highest BCUT2D eigenvalue weighted by molar-refractivity contribution is 5.79. The zero-order valence-corrected chi connectivity index (χ0v) is 15.4. The molecule has 2 N–H and O–H groups in total.